The first kappa shape index (κ1) is 18.7. The largest absolute Gasteiger partial charge is 0.497 e. The van der Waals surface area contributed by atoms with Crippen LogP contribution in [0.1, 0.15) is 34.3 Å². The van der Waals surface area contributed by atoms with E-state index in [2.05, 4.69) is 22.8 Å². The highest BCUT2D eigenvalue weighted by atomic mass is 35.5. The van der Waals surface area contributed by atoms with Crippen LogP contribution in [0.5, 0.6) is 5.75 Å². The van der Waals surface area contributed by atoms with E-state index in [1.807, 2.05) is 31.2 Å². The first-order valence-electron chi connectivity index (χ1n) is 8.98. The predicted octanol–water partition coefficient (Wildman–Crippen LogP) is 3.75. The zero-order valence-electron chi connectivity index (χ0n) is 15.2. The minimum atomic E-state index is -0.0442. The maximum Gasteiger partial charge on any atom is 0.251 e. The molecule has 5 heteroatoms. The van der Waals surface area contributed by atoms with E-state index in [0.29, 0.717) is 16.6 Å². The van der Waals surface area contributed by atoms with Crippen LogP contribution in [0.4, 0.5) is 0 Å². The number of halogens is 1. The van der Waals surface area contributed by atoms with Crippen LogP contribution in [0.15, 0.2) is 42.5 Å². The molecule has 0 saturated heterocycles. The summed E-state index contributed by atoms with van der Waals surface area (Å²) in [7, 11) is 1.68. The molecule has 1 aliphatic carbocycles. The Bertz CT molecular complexity index is 735. The molecule has 1 aliphatic rings. The lowest BCUT2D eigenvalue weighted by Gasteiger charge is -2.36. The molecule has 3 rings (SSSR count). The van der Waals surface area contributed by atoms with Gasteiger partial charge in [0.1, 0.15) is 5.75 Å². The molecular formula is C21H25ClN2O2. The SMILES string of the molecule is COc1ccc(CCN[C@H]2C[C@H](NC(=O)c3cc(C)cc(Cl)c3)C2)cc1. The van der Waals surface area contributed by atoms with Crippen molar-refractivity contribution in [3.8, 4) is 5.75 Å². The number of carbonyl (C=O) groups excluding carboxylic acids is 1. The van der Waals surface area contributed by atoms with Crippen LogP contribution < -0.4 is 15.4 Å². The Morgan fingerprint density at radius 3 is 2.54 bits per heavy atom. The van der Waals surface area contributed by atoms with Crippen LogP contribution in [0.3, 0.4) is 0 Å². The average molecular weight is 373 g/mol. The van der Waals surface area contributed by atoms with Crippen molar-refractivity contribution in [1.29, 1.82) is 0 Å². The fourth-order valence-corrected chi connectivity index (χ4v) is 3.54. The third kappa shape index (κ3) is 4.99. The minimum Gasteiger partial charge on any atom is -0.497 e. The molecular weight excluding hydrogens is 348 g/mol. The van der Waals surface area contributed by atoms with Crippen LogP contribution in [0.2, 0.25) is 5.02 Å². The molecule has 0 spiro atoms. The van der Waals surface area contributed by atoms with E-state index in [1.165, 1.54) is 5.56 Å². The number of benzene rings is 2. The third-order valence-corrected chi connectivity index (χ3v) is 5.00. The van der Waals surface area contributed by atoms with Crippen LogP contribution in [-0.4, -0.2) is 31.6 Å². The monoisotopic (exact) mass is 372 g/mol. The second-order valence-electron chi connectivity index (χ2n) is 6.91. The number of ether oxygens (including phenoxy) is 1. The molecule has 2 aromatic carbocycles. The molecule has 1 amide bonds. The Hall–Kier alpha value is -2.04. The van der Waals surface area contributed by atoms with Gasteiger partial charge in [-0.1, -0.05) is 23.7 Å². The Morgan fingerprint density at radius 2 is 1.88 bits per heavy atom. The van der Waals surface area contributed by atoms with E-state index >= 15 is 0 Å². The summed E-state index contributed by atoms with van der Waals surface area (Å²) in [5.41, 5.74) is 2.92. The molecule has 0 atom stereocenters. The van der Waals surface area contributed by atoms with Crippen molar-refractivity contribution in [2.24, 2.45) is 0 Å². The normalized spacial score (nSPS) is 18.9. The molecule has 0 bridgehead atoms. The minimum absolute atomic E-state index is 0.0442. The van der Waals surface area contributed by atoms with Gasteiger partial charge in [0, 0.05) is 22.7 Å². The van der Waals surface area contributed by atoms with Gasteiger partial charge in [-0.25, -0.2) is 0 Å². The first-order chi connectivity index (χ1) is 12.5. The van der Waals surface area contributed by atoms with Gasteiger partial charge in [0.2, 0.25) is 0 Å². The summed E-state index contributed by atoms with van der Waals surface area (Å²) in [6.07, 6.45) is 2.92. The standard InChI is InChI=1S/C21H25ClN2O2/c1-14-9-16(11-17(22)10-14)21(25)24-19-12-18(13-19)23-8-7-15-3-5-20(26-2)6-4-15/h3-6,9-11,18-19,23H,7-8,12-13H2,1-2H3,(H,24,25)/t18-,19-. The predicted molar refractivity (Wildman–Crippen MR) is 105 cm³/mol. The van der Waals surface area contributed by atoms with Gasteiger partial charge in [0.25, 0.3) is 5.91 Å². The van der Waals surface area contributed by atoms with Crippen LogP contribution in [0.25, 0.3) is 0 Å². The molecule has 138 valence electrons. The van der Waals surface area contributed by atoms with E-state index in [-0.39, 0.29) is 11.9 Å². The Kier molecular flexibility index (Phi) is 6.17. The number of nitrogens with one attached hydrogen (secondary N) is 2. The second kappa shape index (κ2) is 8.56. The zero-order chi connectivity index (χ0) is 18.5. The van der Waals surface area contributed by atoms with Crippen molar-refractivity contribution in [2.75, 3.05) is 13.7 Å². The van der Waals surface area contributed by atoms with Crippen molar-refractivity contribution in [1.82, 2.24) is 10.6 Å². The highest BCUT2D eigenvalue weighted by molar-refractivity contribution is 6.31. The topological polar surface area (TPSA) is 50.4 Å². The number of hydrogen-bond donors (Lipinski definition) is 2. The van der Waals surface area contributed by atoms with Gasteiger partial charge in [-0.2, -0.15) is 0 Å². The quantitative estimate of drug-likeness (QED) is 0.778. The molecule has 2 aromatic rings. The van der Waals surface area contributed by atoms with Gasteiger partial charge in [-0.05, 0) is 74.2 Å². The maximum atomic E-state index is 12.3. The summed E-state index contributed by atoms with van der Waals surface area (Å²) in [5, 5.41) is 7.24. The number of hydrogen-bond acceptors (Lipinski definition) is 3. The van der Waals surface area contributed by atoms with Crippen molar-refractivity contribution < 1.29 is 9.53 Å². The number of rotatable bonds is 7. The fraction of sp³-hybridized carbons (Fsp3) is 0.381. The van der Waals surface area contributed by atoms with E-state index < -0.39 is 0 Å². The van der Waals surface area contributed by atoms with Crippen molar-refractivity contribution in [3.05, 3.63) is 64.2 Å². The molecule has 1 saturated carbocycles. The molecule has 0 unspecified atom stereocenters. The summed E-state index contributed by atoms with van der Waals surface area (Å²) < 4.78 is 5.17. The first-order valence-corrected chi connectivity index (χ1v) is 9.35. The van der Waals surface area contributed by atoms with Crippen LogP contribution in [0, 0.1) is 6.92 Å². The molecule has 0 heterocycles. The molecule has 0 radical (unpaired) electrons. The molecule has 0 aromatic heterocycles. The maximum absolute atomic E-state index is 12.3. The highest BCUT2D eigenvalue weighted by Gasteiger charge is 2.29. The summed E-state index contributed by atoms with van der Waals surface area (Å²) >= 11 is 6.03. The number of carbonyl (C=O) groups is 1. The summed E-state index contributed by atoms with van der Waals surface area (Å²) in [6.45, 7) is 2.87. The average Bonchev–Trinajstić information content (AvgIpc) is 2.59. The lowest BCUT2D eigenvalue weighted by molar-refractivity contribution is 0.0902. The van der Waals surface area contributed by atoms with Crippen LogP contribution >= 0.6 is 11.6 Å². The van der Waals surface area contributed by atoms with Gasteiger partial charge < -0.3 is 15.4 Å². The Morgan fingerprint density at radius 1 is 1.15 bits per heavy atom. The number of aryl methyl sites for hydroxylation is 1. The zero-order valence-corrected chi connectivity index (χ0v) is 16.0. The number of amides is 1. The van der Waals surface area contributed by atoms with Gasteiger partial charge in [-0.15, -0.1) is 0 Å². The summed E-state index contributed by atoms with van der Waals surface area (Å²) in [6, 6.07) is 14.3. The smallest absolute Gasteiger partial charge is 0.251 e. The van der Waals surface area contributed by atoms with Gasteiger partial charge in [0.05, 0.1) is 7.11 Å². The second-order valence-corrected chi connectivity index (χ2v) is 7.34. The van der Waals surface area contributed by atoms with E-state index in [0.717, 1.165) is 37.1 Å². The summed E-state index contributed by atoms with van der Waals surface area (Å²) in [4.78, 5) is 12.3. The molecule has 4 nitrogen and oxygen atoms in total. The van der Waals surface area contributed by atoms with Crippen molar-refractivity contribution in [2.45, 2.75) is 38.3 Å². The Balaban J connectivity index is 1.36. The third-order valence-electron chi connectivity index (χ3n) is 4.78. The lowest BCUT2D eigenvalue weighted by atomic mass is 9.86. The van der Waals surface area contributed by atoms with Crippen LogP contribution in [-0.2, 0) is 6.42 Å². The van der Waals surface area contributed by atoms with E-state index in [4.69, 9.17) is 16.3 Å². The van der Waals surface area contributed by atoms with Gasteiger partial charge >= 0.3 is 0 Å². The molecule has 1 fully saturated rings. The van der Waals surface area contributed by atoms with Gasteiger partial charge in [-0.3, -0.25) is 4.79 Å². The molecule has 26 heavy (non-hydrogen) atoms. The van der Waals surface area contributed by atoms with Gasteiger partial charge in [0.15, 0.2) is 0 Å². The fourth-order valence-electron chi connectivity index (χ4n) is 3.25. The van der Waals surface area contributed by atoms with Crippen molar-refractivity contribution >= 4 is 17.5 Å². The van der Waals surface area contributed by atoms with E-state index in [1.54, 1.807) is 13.2 Å². The van der Waals surface area contributed by atoms with E-state index in [9.17, 15) is 4.79 Å². The highest BCUT2D eigenvalue weighted by Crippen LogP contribution is 2.21. The Labute approximate surface area is 159 Å². The molecule has 2 N–H and O–H groups in total. The lowest BCUT2D eigenvalue weighted by Crippen LogP contribution is -2.52. The number of methoxy groups -OCH3 is 1. The summed E-state index contributed by atoms with van der Waals surface area (Å²) in [5.74, 6) is 0.839. The molecule has 0 aliphatic heterocycles. The van der Waals surface area contributed by atoms with Crippen molar-refractivity contribution in [3.63, 3.8) is 0 Å².